The first-order chi connectivity index (χ1) is 9.97. The van der Waals surface area contributed by atoms with Crippen molar-refractivity contribution >= 4 is 17.3 Å². The van der Waals surface area contributed by atoms with Crippen molar-refractivity contribution < 1.29 is 9.18 Å². The normalized spacial score (nSPS) is 19.1. The van der Waals surface area contributed by atoms with Gasteiger partial charge in [-0.25, -0.2) is 4.39 Å². The number of hydrogen-bond acceptors (Lipinski definition) is 3. The Balaban J connectivity index is 1.83. The van der Waals surface area contributed by atoms with Gasteiger partial charge in [0.2, 0.25) is 5.91 Å². The molecule has 1 aliphatic heterocycles. The van der Waals surface area contributed by atoms with Crippen molar-refractivity contribution in [2.24, 2.45) is 5.92 Å². The van der Waals surface area contributed by atoms with E-state index >= 15 is 0 Å². The van der Waals surface area contributed by atoms with Crippen molar-refractivity contribution in [1.29, 1.82) is 0 Å². The first-order valence-electron chi connectivity index (χ1n) is 7.56. The molecule has 116 valence electrons. The van der Waals surface area contributed by atoms with Gasteiger partial charge in [0.05, 0.1) is 5.69 Å². The van der Waals surface area contributed by atoms with Crippen LogP contribution in [0, 0.1) is 11.7 Å². The van der Waals surface area contributed by atoms with E-state index in [1.807, 2.05) is 0 Å². The first-order valence-corrected chi connectivity index (χ1v) is 7.56. The number of hydrogen-bond donors (Lipinski definition) is 2. The van der Waals surface area contributed by atoms with Gasteiger partial charge in [-0.05, 0) is 43.5 Å². The minimum Gasteiger partial charge on any atom is -0.396 e. The Morgan fingerprint density at radius 1 is 1.52 bits per heavy atom. The lowest BCUT2D eigenvalue weighted by Crippen LogP contribution is -2.35. The number of nitrogen functional groups attached to an aromatic ring is 1. The van der Waals surface area contributed by atoms with E-state index in [4.69, 9.17) is 5.73 Å². The molecule has 4 nitrogen and oxygen atoms in total. The molecule has 3 N–H and O–H groups in total. The molecule has 1 amide bonds. The fourth-order valence-corrected chi connectivity index (χ4v) is 2.97. The lowest BCUT2D eigenvalue weighted by atomic mass is 10.0. The summed E-state index contributed by atoms with van der Waals surface area (Å²) in [6.07, 6.45) is 2.87. The number of nitrogens with one attached hydrogen (secondary N) is 1. The predicted octanol–water partition coefficient (Wildman–Crippen LogP) is 2.86. The molecule has 0 saturated carbocycles. The van der Waals surface area contributed by atoms with Crippen LogP contribution in [0.3, 0.4) is 0 Å². The van der Waals surface area contributed by atoms with Crippen LogP contribution in [0.4, 0.5) is 15.8 Å². The topological polar surface area (TPSA) is 58.4 Å². The highest BCUT2D eigenvalue weighted by molar-refractivity contribution is 5.91. The average Bonchev–Trinajstić information content (AvgIpc) is 2.89. The minimum absolute atomic E-state index is 0.0483. The summed E-state index contributed by atoms with van der Waals surface area (Å²) in [5.74, 6) is 0.0905. The lowest BCUT2D eigenvalue weighted by molar-refractivity contribution is -0.116. The zero-order valence-electron chi connectivity index (χ0n) is 12.7. The molecule has 21 heavy (non-hydrogen) atoms. The maximum Gasteiger partial charge on any atom is 0.225 e. The van der Waals surface area contributed by atoms with Crippen LogP contribution in [0.1, 0.15) is 33.1 Å². The smallest absolute Gasteiger partial charge is 0.225 e. The third-order valence-electron chi connectivity index (χ3n) is 4.09. The maximum atomic E-state index is 13.1. The number of amides is 1. The third kappa shape index (κ3) is 4.17. The van der Waals surface area contributed by atoms with Crippen molar-refractivity contribution in [3.8, 4) is 0 Å². The van der Waals surface area contributed by atoms with E-state index in [-0.39, 0.29) is 11.6 Å². The molecule has 1 aromatic carbocycles. The summed E-state index contributed by atoms with van der Waals surface area (Å²) in [4.78, 5) is 14.4. The molecular weight excluding hydrogens is 269 g/mol. The van der Waals surface area contributed by atoms with Gasteiger partial charge >= 0.3 is 0 Å². The Hall–Kier alpha value is -1.62. The molecule has 1 fully saturated rings. The summed E-state index contributed by atoms with van der Waals surface area (Å²) in [6.45, 7) is 6.29. The number of carbonyl (C=O) groups is 1. The van der Waals surface area contributed by atoms with E-state index in [0.717, 1.165) is 13.1 Å². The van der Waals surface area contributed by atoms with Gasteiger partial charge in [0.1, 0.15) is 5.82 Å². The van der Waals surface area contributed by atoms with Crippen LogP contribution in [0.15, 0.2) is 18.2 Å². The molecule has 5 heteroatoms. The Bertz CT molecular complexity index is 504. The number of halogens is 1. The van der Waals surface area contributed by atoms with Gasteiger partial charge in [-0.2, -0.15) is 0 Å². The Kier molecular flexibility index (Phi) is 5.17. The highest BCUT2D eigenvalue weighted by Crippen LogP contribution is 2.23. The van der Waals surface area contributed by atoms with Crippen LogP contribution in [-0.4, -0.2) is 29.9 Å². The van der Waals surface area contributed by atoms with Gasteiger partial charge in [-0.1, -0.05) is 13.8 Å². The van der Waals surface area contributed by atoms with Crippen molar-refractivity contribution in [1.82, 2.24) is 4.90 Å². The Morgan fingerprint density at radius 2 is 2.29 bits per heavy atom. The minimum atomic E-state index is -0.468. The van der Waals surface area contributed by atoms with Gasteiger partial charge in [0.15, 0.2) is 0 Å². The molecule has 1 atom stereocenters. The third-order valence-corrected chi connectivity index (χ3v) is 4.09. The molecule has 0 aliphatic carbocycles. The summed E-state index contributed by atoms with van der Waals surface area (Å²) >= 11 is 0. The molecule has 2 rings (SSSR count). The van der Waals surface area contributed by atoms with E-state index in [9.17, 15) is 9.18 Å². The molecule has 1 aromatic rings. The summed E-state index contributed by atoms with van der Waals surface area (Å²) < 4.78 is 13.1. The number of likely N-dealkylation sites (tertiary alicyclic amines) is 1. The molecule has 0 radical (unpaired) electrons. The van der Waals surface area contributed by atoms with Gasteiger partial charge in [0.25, 0.3) is 0 Å². The van der Waals surface area contributed by atoms with Crippen LogP contribution >= 0.6 is 0 Å². The fraction of sp³-hybridized carbons (Fsp3) is 0.562. The SMILES string of the molecule is CC(C)C1CCCN1CCC(=O)Nc1ccc(F)c(N)c1. The average molecular weight is 293 g/mol. The van der Waals surface area contributed by atoms with Crippen LogP contribution in [0.2, 0.25) is 0 Å². The van der Waals surface area contributed by atoms with Crippen molar-refractivity contribution in [2.75, 3.05) is 24.1 Å². The number of rotatable bonds is 5. The van der Waals surface area contributed by atoms with Gasteiger partial charge in [-0.3, -0.25) is 9.69 Å². The fourth-order valence-electron chi connectivity index (χ4n) is 2.97. The number of carbonyl (C=O) groups excluding carboxylic acids is 1. The van der Waals surface area contributed by atoms with E-state index in [1.165, 1.54) is 31.0 Å². The zero-order valence-corrected chi connectivity index (χ0v) is 12.7. The number of benzene rings is 1. The summed E-state index contributed by atoms with van der Waals surface area (Å²) in [7, 11) is 0. The zero-order chi connectivity index (χ0) is 15.4. The maximum absolute atomic E-state index is 13.1. The van der Waals surface area contributed by atoms with Gasteiger partial charge in [0, 0.05) is 24.7 Å². The largest absolute Gasteiger partial charge is 0.396 e. The number of nitrogens with two attached hydrogens (primary N) is 1. The molecular formula is C16H24FN3O. The Labute approximate surface area is 125 Å². The van der Waals surface area contributed by atoms with Gasteiger partial charge in [-0.15, -0.1) is 0 Å². The number of anilines is 2. The van der Waals surface area contributed by atoms with E-state index in [1.54, 1.807) is 0 Å². The molecule has 1 heterocycles. The number of nitrogens with zero attached hydrogens (tertiary/aromatic N) is 1. The molecule has 1 aliphatic rings. The van der Waals surface area contributed by atoms with Gasteiger partial charge < -0.3 is 11.1 Å². The van der Waals surface area contributed by atoms with Crippen LogP contribution in [0.25, 0.3) is 0 Å². The van der Waals surface area contributed by atoms with E-state index in [0.29, 0.717) is 24.1 Å². The molecule has 1 unspecified atom stereocenters. The summed E-state index contributed by atoms with van der Waals surface area (Å²) in [6, 6.07) is 4.82. The molecule has 0 aromatic heterocycles. The molecule has 0 spiro atoms. The van der Waals surface area contributed by atoms with E-state index < -0.39 is 5.82 Å². The van der Waals surface area contributed by atoms with Crippen LogP contribution in [-0.2, 0) is 4.79 Å². The molecule has 0 bridgehead atoms. The lowest BCUT2D eigenvalue weighted by Gasteiger charge is -2.27. The highest BCUT2D eigenvalue weighted by Gasteiger charge is 2.26. The standard InChI is InChI=1S/C16H24FN3O/c1-11(2)15-4-3-8-20(15)9-7-16(21)19-12-5-6-13(17)14(18)10-12/h5-6,10-11,15H,3-4,7-9,18H2,1-2H3,(H,19,21). The summed E-state index contributed by atoms with van der Waals surface area (Å²) in [5.41, 5.74) is 6.08. The first kappa shape index (κ1) is 15.8. The second kappa shape index (κ2) is 6.89. The second-order valence-corrected chi connectivity index (χ2v) is 6.02. The summed E-state index contributed by atoms with van der Waals surface area (Å²) in [5, 5.41) is 2.77. The van der Waals surface area contributed by atoms with Crippen LogP contribution in [0.5, 0.6) is 0 Å². The van der Waals surface area contributed by atoms with Crippen molar-refractivity contribution in [3.63, 3.8) is 0 Å². The van der Waals surface area contributed by atoms with E-state index in [2.05, 4.69) is 24.1 Å². The van der Waals surface area contributed by atoms with Crippen LogP contribution < -0.4 is 11.1 Å². The quantitative estimate of drug-likeness (QED) is 0.821. The van der Waals surface area contributed by atoms with Crippen molar-refractivity contribution in [3.05, 3.63) is 24.0 Å². The molecule has 1 saturated heterocycles. The Morgan fingerprint density at radius 3 is 2.95 bits per heavy atom. The van der Waals surface area contributed by atoms with Crippen molar-refractivity contribution in [2.45, 2.75) is 39.2 Å². The second-order valence-electron chi connectivity index (χ2n) is 6.02. The predicted molar refractivity (Wildman–Crippen MR) is 83.5 cm³/mol. The monoisotopic (exact) mass is 293 g/mol. The highest BCUT2D eigenvalue weighted by atomic mass is 19.1.